The predicted molar refractivity (Wildman–Crippen MR) is 183 cm³/mol. The molecule has 232 valence electrons. The topological polar surface area (TPSA) is 127 Å². The quantitative estimate of drug-likeness (QED) is 0.138. The molecule has 1 saturated heterocycles. The molecular weight excluding hydrogens is 642 g/mol. The van der Waals surface area contributed by atoms with Gasteiger partial charge in [0.1, 0.15) is 51.5 Å². The monoisotopic (exact) mass is 675 g/mol. The van der Waals surface area contributed by atoms with Crippen LogP contribution in [0, 0.1) is 22.7 Å². The molecule has 0 radical (unpaired) electrons. The standard InChI is InChI=1S/C33H34ClN5O3S2Si/c1-33(2,3)45(4,5)42-28-17-40-16-27(28)41-24-12-8-20(9-13-24)29-25(14-35)30(37)39-32(26(29)15-36)44-19-23-18-43-31(38-23)21-6-10-22(34)11-7-21/h6-13,18,27-28H,16-17,19H2,1-5H3,(H2,37,39)/t27-,28-/m1/s1. The number of nitrogens with zero attached hydrogens (tertiary/aromatic N) is 4. The maximum atomic E-state index is 10.2. The van der Waals surface area contributed by atoms with Gasteiger partial charge >= 0.3 is 0 Å². The molecule has 0 aliphatic carbocycles. The number of nitrogen functional groups attached to an aromatic ring is 1. The van der Waals surface area contributed by atoms with E-state index in [1.54, 1.807) is 0 Å². The van der Waals surface area contributed by atoms with Crippen molar-refractivity contribution in [3.8, 4) is 39.6 Å². The summed E-state index contributed by atoms with van der Waals surface area (Å²) in [6.45, 7) is 12.0. The zero-order chi connectivity index (χ0) is 32.4. The normalized spacial score (nSPS) is 16.7. The molecule has 0 bridgehead atoms. The molecule has 0 amide bonds. The van der Waals surface area contributed by atoms with Crippen molar-refractivity contribution in [3.05, 3.63) is 75.8 Å². The lowest BCUT2D eigenvalue weighted by molar-refractivity contribution is 0.0807. The molecule has 45 heavy (non-hydrogen) atoms. The third kappa shape index (κ3) is 7.36. The Kier molecular flexibility index (Phi) is 9.90. The molecular formula is C33H34ClN5O3S2Si. The summed E-state index contributed by atoms with van der Waals surface area (Å²) in [5.41, 5.74) is 9.66. The molecule has 3 heterocycles. The minimum atomic E-state index is -2.01. The number of halogens is 1. The van der Waals surface area contributed by atoms with Gasteiger partial charge in [0.2, 0.25) is 0 Å². The number of nitriles is 2. The summed E-state index contributed by atoms with van der Waals surface area (Å²) < 4.78 is 18.6. The van der Waals surface area contributed by atoms with Crippen molar-refractivity contribution in [1.82, 2.24) is 9.97 Å². The molecule has 8 nitrogen and oxygen atoms in total. The fourth-order valence-electron chi connectivity index (χ4n) is 4.60. The van der Waals surface area contributed by atoms with Gasteiger partial charge in [-0.25, -0.2) is 9.97 Å². The predicted octanol–water partition coefficient (Wildman–Crippen LogP) is 8.31. The third-order valence-electron chi connectivity index (χ3n) is 8.08. The van der Waals surface area contributed by atoms with Crippen LogP contribution in [0.1, 0.15) is 37.6 Å². The van der Waals surface area contributed by atoms with Crippen LogP contribution in [-0.2, 0) is 14.9 Å². The van der Waals surface area contributed by atoms with E-state index in [0.29, 0.717) is 51.5 Å². The fraction of sp³-hybridized carbons (Fsp3) is 0.333. The highest BCUT2D eigenvalue weighted by molar-refractivity contribution is 7.98. The van der Waals surface area contributed by atoms with Crippen LogP contribution in [0.25, 0.3) is 21.7 Å². The summed E-state index contributed by atoms with van der Waals surface area (Å²) in [6.07, 6.45) is -0.389. The summed E-state index contributed by atoms with van der Waals surface area (Å²) in [4.78, 5) is 9.18. The second kappa shape index (κ2) is 13.5. The van der Waals surface area contributed by atoms with E-state index in [4.69, 9.17) is 36.2 Å². The number of rotatable bonds is 9. The number of hydrogen-bond donors (Lipinski definition) is 1. The van der Waals surface area contributed by atoms with E-state index in [1.807, 2.05) is 53.9 Å². The minimum absolute atomic E-state index is 0.0722. The number of hydrogen-bond acceptors (Lipinski definition) is 10. The van der Waals surface area contributed by atoms with Crippen molar-refractivity contribution in [2.45, 2.75) is 61.9 Å². The van der Waals surface area contributed by atoms with Crippen molar-refractivity contribution < 1.29 is 13.9 Å². The molecule has 0 spiro atoms. The molecule has 2 atom stereocenters. The summed E-state index contributed by atoms with van der Waals surface area (Å²) in [5.74, 6) is 1.19. The summed E-state index contributed by atoms with van der Waals surface area (Å²) in [6, 6.07) is 19.3. The van der Waals surface area contributed by atoms with Gasteiger partial charge in [-0.05, 0) is 48.0 Å². The molecule has 2 aromatic heterocycles. The zero-order valence-electron chi connectivity index (χ0n) is 25.8. The first-order valence-electron chi connectivity index (χ1n) is 14.4. The Labute approximate surface area is 278 Å². The van der Waals surface area contributed by atoms with Gasteiger partial charge in [-0.1, -0.05) is 68.4 Å². The van der Waals surface area contributed by atoms with Gasteiger partial charge in [0.05, 0.1) is 24.5 Å². The van der Waals surface area contributed by atoms with Crippen molar-refractivity contribution in [2.24, 2.45) is 0 Å². The SMILES string of the molecule is CC(C)(C)[Si](C)(C)O[C@@H]1COC[C@H]1Oc1ccc(-c2c(C#N)c(N)nc(SCc3csc(-c4ccc(Cl)cc4)n3)c2C#N)cc1. The number of nitrogens with two attached hydrogens (primary N) is 1. The van der Waals surface area contributed by atoms with E-state index in [2.05, 4.69) is 51.0 Å². The number of thioether (sulfide) groups is 1. The average Bonchev–Trinajstić information content (AvgIpc) is 3.65. The second-order valence-electron chi connectivity index (χ2n) is 12.2. The zero-order valence-corrected chi connectivity index (χ0v) is 29.1. The van der Waals surface area contributed by atoms with Crippen LogP contribution in [0.4, 0.5) is 5.82 Å². The highest BCUT2D eigenvalue weighted by atomic mass is 35.5. The molecule has 1 aliphatic rings. The average molecular weight is 676 g/mol. The Morgan fingerprint density at radius 3 is 2.29 bits per heavy atom. The van der Waals surface area contributed by atoms with Crippen LogP contribution in [0.2, 0.25) is 23.2 Å². The van der Waals surface area contributed by atoms with E-state index in [0.717, 1.165) is 16.3 Å². The Hall–Kier alpha value is -3.42. The Bertz CT molecular complexity index is 1760. The number of anilines is 1. The minimum Gasteiger partial charge on any atom is -0.485 e. The lowest BCUT2D eigenvalue weighted by atomic mass is 9.97. The highest BCUT2D eigenvalue weighted by Crippen LogP contribution is 2.40. The lowest BCUT2D eigenvalue weighted by Crippen LogP contribution is -2.47. The number of ether oxygens (including phenoxy) is 2. The Morgan fingerprint density at radius 2 is 1.64 bits per heavy atom. The first-order chi connectivity index (χ1) is 21.4. The summed E-state index contributed by atoms with van der Waals surface area (Å²) in [5, 5.41) is 24.3. The van der Waals surface area contributed by atoms with Crippen LogP contribution >= 0.6 is 34.7 Å². The maximum Gasteiger partial charge on any atom is 0.192 e. The number of thiazole rings is 1. The largest absolute Gasteiger partial charge is 0.485 e. The molecule has 2 N–H and O–H groups in total. The fourth-order valence-corrected chi connectivity index (χ4v) is 7.87. The van der Waals surface area contributed by atoms with Gasteiger partial charge in [-0.3, -0.25) is 0 Å². The van der Waals surface area contributed by atoms with Gasteiger partial charge < -0.3 is 19.6 Å². The van der Waals surface area contributed by atoms with Crippen molar-refractivity contribution in [3.63, 3.8) is 0 Å². The molecule has 2 aromatic carbocycles. The molecule has 5 rings (SSSR count). The molecule has 1 fully saturated rings. The molecule has 0 saturated carbocycles. The molecule has 12 heteroatoms. The van der Waals surface area contributed by atoms with Crippen LogP contribution in [0.3, 0.4) is 0 Å². The van der Waals surface area contributed by atoms with Crippen molar-refractivity contribution in [1.29, 1.82) is 10.5 Å². The van der Waals surface area contributed by atoms with E-state index in [-0.39, 0.29) is 28.6 Å². The van der Waals surface area contributed by atoms with Crippen LogP contribution in [-0.4, -0.2) is 43.7 Å². The van der Waals surface area contributed by atoms with Crippen LogP contribution < -0.4 is 10.5 Å². The van der Waals surface area contributed by atoms with Crippen LogP contribution in [0.15, 0.2) is 58.9 Å². The van der Waals surface area contributed by atoms with E-state index < -0.39 is 8.32 Å². The first-order valence-corrected chi connectivity index (χ1v) is 19.5. The van der Waals surface area contributed by atoms with Gasteiger partial charge in [-0.15, -0.1) is 11.3 Å². The van der Waals surface area contributed by atoms with Gasteiger partial charge in [0.25, 0.3) is 0 Å². The molecule has 1 aliphatic heterocycles. The highest BCUT2D eigenvalue weighted by Gasteiger charge is 2.43. The van der Waals surface area contributed by atoms with Crippen molar-refractivity contribution in [2.75, 3.05) is 18.9 Å². The second-order valence-corrected chi connectivity index (χ2v) is 19.2. The maximum absolute atomic E-state index is 10.2. The van der Waals surface area contributed by atoms with Gasteiger partial charge in [-0.2, -0.15) is 10.5 Å². The molecule has 4 aromatic rings. The summed E-state index contributed by atoms with van der Waals surface area (Å²) in [7, 11) is -2.01. The summed E-state index contributed by atoms with van der Waals surface area (Å²) >= 11 is 8.91. The van der Waals surface area contributed by atoms with E-state index in [1.165, 1.54) is 23.1 Å². The first kappa shape index (κ1) is 33.0. The Morgan fingerprint density at radius 1 is 1.00 bits per heavy atom. The van der Waals surface area contributed by atoms with Crippen LogP contribution in [0.5, 0.6) is 5.75 Å². The smallest absolute Gasteiger partial charge is 0.192 e. The van der Waals surface area contributed by atoms with Crippen molar-refractivity contribution >= 4 is 48.8 Å². The van der Waals surface area contributed by atoms with E-state index in [9.17, 15) is 10.5 Å². The number of aromatic nitrogens is 2. The number of benzene rings is 2. The van der Waals surface area contributed by atoms with Gasteiger partial charge in [0.15, 0.2) is 8.32 Å². The Balaban J connectivity index is 1.35. The van der Waals surface area contributed by atoms with Gasteiger partial charge in [0, 0.05) is 27.3 Å². The molecule has 0 unspecified atom stereocenters. The third-order valence-corrected chi connectivity index (χ3v) is 14.8. The number of pyridine rings is 1. The van der Waals surface area contributed by atoms with E-state index >= 15 is 0 Å². The lowest BCUT2D eigenvalue weighted by Gasteiger charge is -2.39.